The number of nitrogens with two attached hydrogens (primary N) is 1. The summed E-state index contributed by atoms with van der Waals surface area (Å²) in [5, 5.41) is 8.48. The molecule has 0 saturated heterocycles. The molecule has 0 aliphatic carbocycles. The molecule has 6 heteroatoms. The normalized spacial score (nSPS) is 9.70. The van der Waals surface area contributed by atoms with Crippen molar-refractivity contribution in [2.24, 2.45) is 5.73 Å². The fraction of sp³-hybridized carbons (Fsp3) is 0.0714. The number of ether oxygens (including phenoxy) is 1. The Hall–Kier alpha value is -1.42. The molecule has 0 radical (unpaired) electrons. The molecule has 3 nitrogen and oxygen atoms in total. The summed E-state index contributed by atoms with van der Waals surface area (Å²) in [6.45, 7) is 0.335. The van der Waals surface area contributed by atoms with E-state index < -0.39 is 0 Å². The van der Waals surface area contributed by atoms with Crippen LogP contribution in [-0.2, 0) is 6.61 Å². The van der Waals surface area contributed by atoms with E-state index >= 15 is 0 Å². The first-order valence-electron chi connectivity index (χ1n) is 5.58. The third-order valence-electron chi connectivity index (χ3n) is 2.56. The fourth-order valence-electron chi connectivity index (χ4n) is 1.61. The average Bonchev–Trinajstić information content (AvgIpc) is 2.40. The zero-order chi connectivity index (χ0) is 13.8. The van der Waals surface area contributed by atoms with Crippen LogP contribution < -0.4 is 10.5 Å². The first kappa shape index (κ1) is 16.6. The van der Waals surface area contributed by atoms with Crippen molar-refractivity contribution >= 4 is 41.4 Å². The summed E-state index contributed by atoms with van der Waals surface area (Å²) in [4.78, 5) is 0. The molecule has 2 aromatic rings. The van der Waals surface area contributed by atoms with Gasteiger partial charge in [0.1, 0.15) is 18.2 Å². The first-order valence-corrected chi connectivity index (χ1v) is 6.33. The molecule has 2 rings (SSSR count). The van der Waals surface area contributed by atoms with Crippen molar-refractivity contribution in [3.05, 3.63) is 63.6 Å². The van der Waals surface area contributed by atoms with Gasteiger partial charge in [-0.2, -0.15) is 0 Å². The molecule has 0 unspecified atom stereocenters. The van der Waals surface area contributed by atoms with Crippen LogP contribution in [0, 0.1) is 5.41 Å². The van der Waals surface area contributed by atoms with Gasteiger partial charge in [-0.15, -0.1) is 12.4 Å². The van der Waals surface area contributed by atoms with E-state index in [1.165, 1.54) is 0 Å². The lowest BCUT2D eigenvalue weighted by Crippen LogP contribution is -2.13. The van der Waals surface area contributed by atoms with Crippen molar-refractivity contribution in [2.45, 2.75) is 6.61 Å². The Kier molecular flexibility index (Phi) is 6.14. The maximum absolute atomic E-state index is 7.48. The van der Waals surface area contributed by atoms with Crippen LogP contribution in [0.25, 0.3) is 0 Å². The van der Waals surface area contributed by atoms with Gasteiger partial charge in [0.2, 0.25) is 0 Å². The Labute approximate surface area is 133 Å². The van der Waals surface area contributed by atoms with Gasteiger partial charge in [-0.05, 0) is 29.8 Å². The number of hydrogen-bond acceptors (Lipinski definition) is 2. The maximum atomic E-state index is 7.48. The predicted octanol–water partition coefficient (Wildman–Crippen LogP) is 4.28. The highest BCUT2D eigenvalue weighted by molar-refractivity contribution is 6.42. The van der Waals surface area contributed by atoms with Crippen molar-refractivity contribution in [3.8, 4) is 5.75 Å². The van der Waals surface area contributed by atoms with Crippen LogP contribution in [0.2, 0.25) is 10.0 Å². The number of para-hydroxylation sites is 1. The van der Waals surface area contributed by atoms with E-state index in [2.05, 4.69) is 0 Å². The highest BCUT2D eigenvalue weighted by Gasteiger charge is 2.06. The second kappa shape index (κ2) is 7.39. The van der Waals surface area contributed by atoms with Crippen LogP contribution in [0.1, 0.15) is 11.1 Å². The Bertz CT molecular complexity index is 617. The van der Waals surface area contributed by atoms with Crippen LogP contribution in [0.5, 0.6) is 5.75 Å². The topological polar surface area (TPSA) is 59.1 Å². The number of nitrogens with one attached hydrogen (secondary N) is 1. The number of rotatable bonds is 4. The van der Waals surface area contributed by atoms with Gasteiger partial charge in [-0.25, -0.2) is 0 Å². The summed E-state index contributed by atoms with van der Waals surface area (Å²) in [5.74, 6) is 0.547. The van der Waals surface area contributed by atoms with Crippen molar-refractivity contribution in [1.82, 2.24) is 0 Å². The molecule has 0 aliphatic heterocycles. The number of amidine groups is 1. The fourth-order valence-corrected chi connectivity index (χ4v) is 1.93. The van der Waals surface area contributed by atoms with E-state index in [0.29, 0.717) is 28.0 Å². The highest BCUT2D eigenvalue weighted by Crippen LogP contribution is 2.24. The number of benzene rings is 2. The zero-order valence-electron chi connectivity index (χ0n) is 10.4. The summed E-state index contributed by atoms with van der Waals surface area (Å²) in [6.07, 6.45) is 0. The van der Waals surface area contributed by atoms with E-state index in [0.717, 1.165) is 5.56 Å². The van der Waals surface area contributed by atoms with Crippen LogP contribution in [0.3, 0.4) is 0 Å². The third kappa shape index (κ3) is 4.04. The van der Waals surface area contributed by atoms with Gasteiger partial charge in [-0.3, -0.25) is 5.41 Å². The highest BCUT2D eigenvalue weighted by atomic mass is 35.5. The third-order valence-corrected chi connectivity index (χ3v) is 3.29. The van der Waals surface area contributed by atoms with E-state index in [4.69, 9.17) is 39.1 Å². The molecule has 0 spiro atoms. The lowest BCUT2D eigenvalue weighted by molar-refractivity contribution is 0.305. The standard InChI is InChI=1S/C14H12Cl2N2O.ClH/c15-11-6-5-9(7-12(11)16)8-19-13-4-2-1-3-10(13)14(17)18;/h1-7H,8H2,(H3,17,18);1H. The molecule has 0 aliphatic rings. The largest absolute Gasteiger partial charge is 0.488 e. The van der Waals surface area contributed by atoms with E-state index in [1.807, 2.05) is 18.2 Å². The monoisotopic (exact) mass is 330 g/mol. The molecule has 0 bridgehead atoms. The van der Waals surface area contributed by atoms with Crippen LogP contribution in [0.4, 0.5) is 0 Å². The molecule has 3 N–H and O–H groups in total. The van der Waals surface area contributed by atoms with Crippen molar-refractivity contribution in [2.75, 3.05) is 0 Å². The minimum Gasteiger partial charge on any atom is -0.488 e. The van der Waals surface area contributed by atoms with Crippen molar-refractivity contribution < 1.29 is 4.74 Å². The van der Waals surface area contributed by atoms with Crippen LogP contribution in [0.15, 0.2) is 42.5 Å². The lowest BCUT2D eigenvalue weighted by Gasteiger charge is -2.10. The van der Waals surface area contributed by atoms with E-state index in [1.54, 1.807) is 24.3 Å². The summed E-state index contributed by atoms with van der Waals surface area (Å²) in [6, 6.07) is 12.5. The molecular weight excluding hydrogens is 319 g/mol. The molecule has 0 amide bonds. The molecule has 2 aromatic carbocycles. The summed E-state index contributed by atoms with van der Waals surface area (Å²) in [5.41, 5.74) is 6.96. The first-order chi connectivity index (χ1) is 9.08. The minimum atomic E-state index is -0.0234. The molecule has 0 fully saturated rings. The smallest absolute Gasteiger partial charge is 0.130 e. The van der Waals surface area contributed by atoms with Gasteiger partial charge in [0.15, 0.2) is 0 Å². The Balaban J connectivity index is 0.00000200. The number of nitrogen functional groups attached to an aromatic ring is 1. The summed E-state index contributed by atoms with van der Waals surface area (Å²) < 4.78 is 5.66. The van der Waals surface area contributed by atoms with Gasteiger partial charge in [0, 0.05) is 0 Å². The van der Waals surface area contributed by atoms with Crippen LogP contribution in [-0.4, -0.2) is 5.84 Å². The maximum Gasteiger partial charge on any atom is 0.130 e. The average molecular weight is 332 g/mol. The quantitative estimate of drug-likeness (QED) is 0.649. The van der Waals surface area contributed by atoms with Gasteiger partial charge in [-0.1, -0.05) is 41.4 Å². The molecule has 20 heavy (non-hydrogen) atoms. The Morgan fingerprint density at radius 2 is 1.80 bits per heavy atom. The number of halogens is 3. The molecular formula is C14H13Cl3N2O. The molecule has 0 heterocycles. The van der Waals surface area contributed by atoms with E-state index in [-0.39, 0.29) is 18.2 Å². The predicted molar refractivity (Wildman–Crippen MR) is 85.5 cm³/mol. The minimum absolute atomic E-state index is 0. The Morgan fingerprint density at radius 1 is 1.10 bits per heavy atom. The van der Waals surface area contributed by atoms with Crippen LogP contribution >= 0.6 is 35.6 Å². The molecule has 0 atom stereocenters. The second-order valence-corrected chi connectivity index (χ2v) is 4.76. The Morgan fingerprint density at radius 3 is 2.45 bits per heavy atom. The van der Waals surface area contributed by atoms with E-state index in [9.17, 15) is 0 Å². The molecule has 0 saturated carbocycles. The summed E-state index contributed by atoms with van der Waals surface area (Å²) in [7, 11) is 0. The second-order valence-electron chi connectivity index (χ2n) is 3.95. The number of hydrogen-bond donors (Lipinski definition) is 2. The van der Waals surface area contributed by atoms with Crippen molar-refractivity contribution in [1.29, 1.82) is 5.41 Å². The van der Waals surface area contributed by atoms with Gasteiger partial charge < -0.3 is 10.5 Å². The molecule has 0 aromatic heterocycles. The van der Waals surface area contributed by atoms with Gasteiger partial charge >= 0.3 is 0 Å². The van der Waals surface area contributed by atoms with Crippen molar-refractivity contribution in [3.63, 3.8) is 0 Å². The summed E-state index contributed by atoms with van der Waals surface area (Å²) >= 11 is 11.8. The zero-order valence-corrected chi connectivity index (χ0v) is 12.7. The van der Waals surface area contributed by atoms with Gasteiger partial charge in [0.25, 0.3) is 0 Å². The lowest BCUT2D eigenvalue weighted by atomic mass is 10.2. The van der Waals surface area contributed by atoms with Gasteiger partial charge in [0.05, 0.1) is 15.6 Å². The molecule has 106 valence electrons. The SMILES string of the molecule is Cl.N=C(N)c1ccccc1OCc1ccc(Cl)c(Cl)c1.